The van der Waals surface area contributed by atoms with Gasteiger partial charge in [0.1, 0.15) is 6.10 Å². The molecule has 22 heavy (non-hydrogen) atoms. The van der Waals surface area contributed by atoms with Gasteiger partial charge in [-0.15, -0.1) is 0 Å². The van der Waals surface area contributed by atoms with Gasteiger partial charge < -0.3 is 9.84 Å². The molecule has 1 aliphatic heterocycles. The van der Waals surface area contributed by atoms with Crippen LogP contribution in [0.15, 0.2) is 36.0 Å². The largest absolute Gasteiger partial charge is 0.457 e. The molecule has 0 spiro atoms. The van der Waals surface area contributed by atoms with Crippen molar-refractivity contribution in [2.75, 3.05) is 0 Å². The van der Waals surface area contributed by atoms with Crippen molar-refractivity contribution in [3.63, 3.8) is 0 Å². The summed E-state index contributed by atoms with van der Waals surface area (Å²) in [5.74, 6) is 0.00823. The van der Waals surface area contributed by atoms with Crippen LogP contribution in [0.2, 0.25) is 0 Å². The van der Waals surface area contributed by atoms with Gasteiger partial charge >= 0.3 is 5.97 Å². The molecule has 1 heterocycles. The SMILES string of the molecule is C/C(=C\[C@H](C)[C@@H](C)O)[C@@H]1OC(=O)CCCC/C=C/C=C\[C@@H]1C. The molecule has 0 aliphatic carbocycles. The maximum atomic E-state index is 12.0. The summed E-state index contributed by atoms with van der Waals surface area (Å²) >= 11 is 0. The second-order valence-electron chi connectivity index (χ2n) is 6.34. The lowest BCUT2D eigenvalue weighted by Gasteiger charge is -2.24. The molecule has 3 heteroatoms. The summed E-state index contributed by atoms with van der Waals surface area (Å²) in [5, 5.41) is 9.66. The number of carbonyl (C=O) groups excluding carboxylic acids is 1. The van der Waals surface area contributed by atoms with Crippen LogP contribution in [0.25, 0.3) is 0 Å². The molecule has 0 aromatic carbocycles. The van der Waals surface area contributed by atoms with Crippen LogP contribution in [-0.4, -0.2) is 23.3 Å². The summed E-state index contributed by atoms with van der Waals surface area (Å²) in [6.45, 7) is 7.77. The quantitative estimate of drug-likeness (QED) is 0.628. The molecule has 1 N–H and O–H groups in total. The molecule has 0 amide bonds. The van der Waals surface area contributed by atoms with E-state index >= 15 is 0 Å². The monoisotopic (exact) mass is 306 g/mol. The first kappa shape index (κ1) is 18.7. The van der Waals surface area contributed by atoms with Gasteiger partial charge in [0.15, 0.2) is 0 Å². The summed E-state index contributed by atoms with van der Waals surface area (Å²) < 4.78 is 5.71. The van der Waals surface area contributed by atoms with Crippen LogP contribution in [-0.2, 0) is 9.53 Å². The van der Waals surface area contributed by atoms with E-state index in [1.807, 2.05) is 26.0 Å². The maximum absolute atomic E-state index is 12.0. The van der Waals surface area contributed by atoms with Gasteiger partial charge in [-0.1, -0.05) is 44.2 Å². The van der Waals surface area contributed by atoms with Crippen LogP contribution in [0, 0.1) is 11.8 Å². The first-order chi connectivity index (χ1) is 10.4. The number of allylic oxidation sites excluding steroid dienone is 3. The average Bonchev–Trinajstić information content (AvgIpc) is 2.45. The molecular formula is C19H30O3. The fourth-order valence-electron chi connectivity index (χ4n) is 2.51. The highest BCUT2D eigenvalue weighted by atomic mass is 16.5. The molecule has 0 fully saturated rings. The molecule has 0 aromatic rings. The summed E-state index contributed by atoms with van der Waals surface area (Å²) in [6, 6.07) is 0. The van der Waals surface area contributed by atoms with Crippen molar-refractivity contribution in [2.45, 2.75) is 65.6 Å². The van der Waals surface area contributed by atoms with Gasteiger partial charge in [-0.2, -0.15) is 0 Å². The molecule has 0 saturated carbocycles. The Hall–Kier alpha value is -1.35. The third-order valence-electron chi connectivity index (χ3n) is 4.14. The topological polar surface area (TPSA) is 46.5 Å². The average molecular weight is 306 g/mol. The number of aliphatic hydroxyl groups excluding tert-OH is 1. The van der Waals surface area contributed by atoms with Gasteiger partial charge in [-0.25, -0.2) is 0 Å². The zero-order valence-corrected chi connectivity index (χ0v) is 14.3. The number of hydrogen-bond donors (Lipinski definition) is 1. The Kier molecular flexibility index (Phi) is 8.18. The third kappa shape index (κ3) is 6.61. The fraction of sp³-hybridized carbons (Fsp3) is 0.632. The predicted octanol–water partition coefficient (Wildman–Crippen LogP) is 4.18. The number of ether oxygens (including phenoxy) is 1. The molecule has 0 radical (unpaired) electrons. The molecular weight excluding hydrogens is 276 g/mol. The molecule has 0 saturated heterocycles. The number of esters is 1. The molecule has 3 nitrogen and oxygen atoms in total. The Morgan fingerprint density at radius 2 is 2.09 bits per heavy atom. The lowest BCUT2D eigenvalue weighted by atomic mass is 9.93. The van der Waals surface area contributed by atoms with Crippen molar-refractivity contribution in [3.05, 3.63) is 36.0 Å². The number of aliphatic hydroxyl groups is 1. The summed E-state index contributed by atoms with van der Waals surface area (Å²) in [4.78, 5) is 12.0. The summed E-state index contributed by atoms with van der Waals surface area (Å²) in [6.07, 6.45) is 13.0. The first-order valence-corrected chi connectivity index (χ1v) is 8.31. The minimum atomic E-state index is -0.411. The predicted molar refractivity (Wildman–Crippen MR) is 90.4 cm³/mol. The van der Waals surface area contributed by atoms with E-state index in [0.29, 0.717) is 6.42 Å². The van der Waals surface area contributed by atoms with E-state index in [0.717, 1.165) is 24.8 Å². The Bertz CT molecular complexity index is 432. The zero-order valence-electron chi connectivity index (χ0n) is 14.3. The van der Waals surface area contributed by atoms with E-state index in [4.69, 9.17) is 4.74 Å². The third-order valence-corrected chi connectivity index (χ3v) is 4.14. The highest BCUT2D eigenvalue weighted by molar-refractivity contribution is 5.69. The van der Waals surface area contributed by atoms with E-state index in [1.165, 1.54) is 0 Å². The van der Waals surface area contributed by atoms with Crippen LogP contribution in [0.4, 0.5) is 0 Å². The van der Waals surface area contributed by atoms with Crippen molar-refractivity contribution >= 4 is 5.97 Å². The molecule has 0 aromatic heterocycles. The van der Waals surface area contributed by atoms with Crippen molar-refractivity contribution in [1.82, 2.24) is 0 Å². The Morgan fingerprint density at radius 1 is 1.36 bits per heavy atom. The van der Waals surface area contributed by atoms with Gasteiger partial charge in [0.25, 0.3) is 0 Å². The van der Waals surface area contributed by atoms with Crippen LogP contribution in [0.3, 0.4) is 0 Å². The van der Waals surface area contributed by atoms with E-state index in [2.05, 4.69) is 25.2 Å². The Morgan fingerprint density at radius 3 is 2.77 bits per heavy atom. The van der Waals surface area contributed by atoms with Gasteiger partial charge in [-0.05, 0) is 38.7 Å². The molecule has 124 valence electrons. The van der Waals surface area contributed by atoms with E-state index in [1.54, 1.807) is 6.92 Å². The summed E-state index contributed by atoms with van der Waals surface area (Å²) in [5.41, 5.74) is 1.000. The second-order valence-corrected chi connectivity index (χ2v) is 6.34. The number of cyclic esters (lactones) is 1. The number of rotatable bonds is 3. The van der Waals surface area contributed by atoms with Gasteiger partial charge in [0, 0.05) is 18.3 Å². The molecule has 1 aliphatic rings. The van der Waals surface area contributed by atoms with Crippen LogP contribution in [0.5, 0.6) is 0 Å². The Labute approximate surface area is 134 Å². The molecule has 4 atom stereocenters. The van der Waals surface area contributed by atoms with E-state index < -0.39 is 6.10 Å². The molecule has 0 unspecified atom stereocenters. The minimum Gasteiger partial charge on any atom is -0.457 e. The van der Waals surface area contributed by atoms with Crippen LogP contribution < -0.4 is 0 Å². The normalized spacial score (nSPS) is 30.4. The minimum absolute atomic E-state index is 0.0381. The number of carbonyl (C=O) groups is 1. The lowest BCUT2D eigenvalue weighted by molar-refractivity contribution is -0.148. The maximum Gasteiger partial charge on any atom is 0.306 e. The van der Waals surface area contributed by atoms with Crippen molar-refractivity contribution in [1.29, 1.82) is 0 Å². The highest BCUT2D eigenvalue weighted by Crippen LogP contribution is 2.22. The van der Waals surface area contributed by atoms with Crippen molar-refractivity contribution in [2.24, 2.45) is 11.8 Å². The Balaban J connectivity index is 2.94. The molecule has 1 rings (SSSR count). The standard InChI is InChI=1S/C19H30O3/c1-14-11-9-7-5-6-8-10-12-18(21)22-19(14)16(3)13-15(2)17(4)20/h5,7,9,11,13-15,17,19-20H,6,8,10,12H2,1-4H3/b7-5+,11-9-,16-13+/t14-,15-,17+,19+/m0/s1. The first-order valence-electron chi connectivity index (χ1n) is 8.31. The fourth-order valence-corrected chi connectivity index (χ4v) is 2.51. The zero-order chi connectivity index (χ0) is 16.5. The van der Waals surface area contributed by atoms with Crippen LogP contribution >= 0.6 is 0 Å². The van der Waals surface area contributed by atoms with Gasteiger partial charge in [0.05, 0.1) is 6.10 Å². The lowest BCUT2D eigenvalue weighted by Crippen LogP contribution is -2.26. The van der Waals surface area contributed by atoms with E-state index in [-0.39, 0.29) is 23.9 Å². The second kappa shape index (κ2) is 9.62. The van der Waals surface area contributed by atoms with E-state index in [9.17, 15) is 9.90 Å². The van der Waals surface area contributed by atoms with Crippen molar-refractivity contribution < 1.29 is 14.6 Å². The van der Waals surface area contributed by atoms with Crippen LogP contribution in [0.1, 0.15) is 53.4 Å². The summed E-state index contributed by atoms with van der Waals surface area (Å²) in [7, 11) is 0. The van der Waals surface area contributed by atoms with Gasteiger partial charge in [-0.3, -0.25) is 4.79 Å². The molecule has 0 bridgehead atoms. The van der Waals surface area contributed by atoms with Gasteiger partial charge in [0.2, 0.25) is 0 Å². The van der Waals surface area contributed by atoms with Crippen molar-refractivity contribution in [3.8, 4) is 0 Å². The highest BCUT2D eigenvalue weighted by Gasteiger charge is 2.22. The smallest absolute Gasteiger partial charge is 0.306 e. The number of hydrogen-bond acceptors (Lipinski definition) is 3.